The van der Waals surface area contributed by atoms with Gasteiger partial charge in [0.15, 0.2) is 12.2 Å². The number of alkyl halides is 2. The van der Waals surface area contributed by atoms with Gasteiger partial charge in [-0.1, -0.05) is 72.3 Å². The van der Waals surface area contributed by atoms with Gasteiger partial charge in [-0.2, -0.15) is 0 Å². The number of carbonyl (C=O) groups excluding carboxylic acids is 1. The Morgan fingerprint density at radius 3 is 2.16 bits per heavy atom. The molecule has 0 aliphatic carbocycles. The summed E-state index contributed by atoms with van der Waals surface area (Å²) in [6.45, 7) is 0.441. The highest BCUT2D eigenvalue weighted by atomic mass is 35.5. The fourth-order valence-electron chi connectivity index (χ4n) is 2.59. The molecule has 1 fully saturated rings. The van der Waals surface area contributed by atoms with Crippen molar-refractivity contribution in [2.75, 3.05) is 6.61 Å². The molecule has 0 N–H and O–H groups in total. The highest BCUT2D eigenvalue weighted by Crippen LogP contribution is 2.37. The highest BCUT2D eigenvalue weighted by Gasteiger charge is 2.59. The van der Waals surface area contributed by atoms with E-state index in [-0.39, 0.29) is 13.2 Å². The van der Waals surface area contributed by atoms with Gasteiger partial charge in [0, 0.05) is 0 Å². The van der Waals surface area contributed by atoms with Crippen molar-refractivity contribution in [3.8, 4) is 0 Å². The van der Waals surface area contributed by atoms with Crippen molar-refractivity contribution in [3.63, 3.8) is 0 Å². The maximum Gasteiger partial charge on any atom is 0.363 e. The summed E-state index contributed by atoms with van der Waals surface area (Å²) in [6.07, 6.45) is -2.14. The van der Waals surface area contributed by atoms with E-state index in [0.717, 1.165) is 11.1 Å². The number of rotatable bonds is 7. The number of esters is 1. The van der Waals surface area contributed by atoms with E-state index in [1.807, 2.05) is 60.7 Å². The van der Waals surface area contributed by atoms with Crippen LogP contribution in [-0.4, -0.2) is 29.9 Å². The van der Waals surface area contributed by atoms with Crippen LogP contribution in [0.1, 0.15) is 11.1 Å². The Hall–Kier alpha value is -1.95. The molecule has 132 valence electrons. The minimum absolute atomic E-state index is 0.00151. The molecule has 0 bridgehead atoms. The number of hydrogen-bond donors (Lipinski definition) is 0. The molecule has 1 aliphatic heterocycles. The number of hydrogen-bond acceptors (Lipinski definition) is 4. The molecule has 1 saturated heterocycles. The zero-order valence-electron chi connectivity index (χ0n) is 13.4. The van der Waals surface area contributed by atoms with Gasteiger partial charge in [0.05, 0.1) is 19.8 Å². The molecule has 1 unspecified atom stereocenters. The van der Waals surface area contributed by atoms with Gasteiger partial charge >= 0.3 is 11.1 Å². The van der Waals surface area contributed by atoms with Crippen LogP contribution in [-0.2, 0) is 32.2 Å². The van der Waals surface area contributed by atoms with Gasteiger partial charge in [0.1, 0.15) is 0 Å². The van der Waals surface area contributed by atoms with E-state index < -0.39 is 23.3 Å². The SMILES string of the molecule is O=C1O[C@H](COCc2ccccc2)C(OCc2ccccc2)[C@]1(F)Cl. The van der Waals surface area contributed by atoms with Crippen molar-refractivity contribution in [2.24, 2.45) is 0 Å². The standard InChI is InChI=1S/C19H18ClFO4/c20-19(21)17(24-12-15-9-5-2-6-10-15)16(25-18(19)22)13-23-11-14-7-3-1-4-8-14/h1-10,16-17H,11-13H2/t16-,17?,19-/m1/s1. The fraction of sp³-hybridized carbons (Fsp3) is 0.316. The number of halogens is 2. The van der Waals surface area contributed by atoms with Crippen LogP contribution in [0, 0.1) is 0 Å². The van der Waals surface area contributed by atoms with Gasteiger partial charge < -0.3 is 14.2 Å². The zero-order chi connectivity index (χ0) is 17.7. The van der Waals surface area contributed by atoms with Crippen molar-refractivity contribution >= 4 is 17.6 Å². The Balaban J connectivity index is 1.59. The van der Waals surface area contributed by atoms with E-state index >= 15 is 0 Å². The molecule has 0 aromatic heterocycles. The number of cyclic esters (lactones) is 1. The predicted octanol–water partition coefficient (Wildman–Crippen LogP) is 3.62. The van der Waals surface area contributed by atoms with Crippen molar-refractivity contribution in [1.29, 1.82) is 0 Å². The summed E-state index contributed by atoms with van der Waals surface area (Å²) in [5, 5.41) is -2.71. The molecule has 1 heterocycles. The second-order valence-corrected chi connectivity index (χ2v) is 6.33. The lowest BCUT2D eigenvalue weighted by molar-refractivity contribution is -0.148. The largest absolute Gasteiger partial charge is 0.454 e. The first kappa shape index (κ1) is 17.9. The van der Waals surface area contributed by atoms with Gasteiger partial charge in [-0.25, -0.2) is 9.18 Å². The average Bonchev–Trinajstić information content (AvgIpc) is 2.84. The van der Waals surface area contributed by atoms with Crippen molar-refractivity contribution in [1.82, 2.24) is 0 Å². The quantitative estimate of drug-likeness (QED) is 0.556. The molecular weight excluding hydrogens is 347 g/mol. The lowest BCUT2D eigenvalue weighted by Crippen LogP contribution is -2.40. The number of benzene rings is 2. The lowest BCUT2D eigenvalue weighted by atomic mass is 10.1. The molecule has 0 radical (unpaired) electrons. The monoisotopic (exact) mass is 364 g/mol. The Labute approximate surface area is 150 Å². The van der Waals surface area contributed by atoms with E-state index in [9.17, 15) is 9.18 Å². The van der Waals surface area contributed by atoms with Crippen molar-refractivity contribution < 1.29 is 23.4 Å². The first-order chi connectivity index (χ1) is 12.1. The van der Waals surface area contributed by atoms with E-state index in [1.165, 1.54) is 0 Å². The normalized spacial score (nSPS) is 25.8. The summed E-state index contributed by atoms with van der Waals surface area (Å²) in [5.41, 5.74) is 1.81. The van der Waals surface area contributed by atoms with Crippen molar-refractivity contribution in [3.05, 3.63) is 71.8 Å². The summed E-state index contributed by atoms with van der Waals surface area (Å²) in [6, 6.07) is 18.7. The molecule has 0 saturated carbocycles. The maximum atomic E-state index is 14.5. The van der Waals surface area contributed by atoms with E-state index in [1.54, 1.807) is 0 Å². The topological polar surface area (TPSA) is 44.8 Å². The molecule has 1 aliphatic rings. The number of ether oxygens (including phenoxy) is 3. The van der Waals surface area contributed by atoms with Gasteiger partial charge in [-0.15, -0.1) is 0 Å². The van der Waals surface area contributed by atoms with Crippen LogP contribution in [0.25, 0.3) is 0 Å². The van der Waals surface area contributed by atoms with E-state index in [0.29, 0.717) is 6.61 Å². The third-order valence-corrected chi connectivity index (χ3v) is 4.26. The van der Waals surface area contributed by atoms with Crippen LogP contribution in [0.4, 0.5) is 4.39 Å². The summed E-state index contributed by atoms with van der Waals surface area (Å²) >= 11 is 5.72. The van der Waals surface area contributed by atoms with Crippen molar-refractivity contribution in [2.45, 2.75) is 30.5 Å². The summed E-state index contributed by atoms with van der Waals surface area (Å²) in [7, 11) is 0. The molecule has 3 atom stereocenters. The Bertz CT molecular complexity index is 693. The molecular formula is C19H18ClFO4. The van der Waals surface area contributed by atoms with Crippen LogP contribution in [0.5, 0.6) is 0 Å². The Kier molecular flexibility index (Phi) is 5.68. The smallest absolute Gasteiger partial charge is 0.363 e. The Morgan fingerprint density at radius 1 is 1.00 bits per heavy atom. The predicted molar refractivity (Wildman–Crippen MR) is 90.7 cm³/mol. The third-order valence-electron chi connectivity index (χ3n) is 3.89. The molecule has 25 heavy (non-hydrogen) atoms. The molecule has 2 aromatic carbocycles. The summed E-state index contributed by atoms with van der Waals surface area (Å²) in [4.78, 5) is 11.7. The fourth-order valence-corrected chi connectivity index (χ4v) is 2.84. The third kappa shape index (κ3) is 4.37. The average molecular weight is 365 g/mol. The molecule has 0 amide bonds. The van der Waals surface area contributed by atoms with Gasteiger partial charge in [-0.05, 0) is 11.1 Å². The molecule has 4 nitrogen and oxygen atoms in total. The Morgan fingerprint density at radius 2 is 1.56 bits per heavy atom. The summed E-state index contributed by atoms with van der Waals surface area (Å²) < 4.78 is 30.6. The van der Waals surface area contributed by atoms with Crippen LogP contribution in [0.3, 0.4) is 0 Å². The first-order valence-electron chi connectivity index (χ1n) is 7.93. The molecule has 3 rings (SSSR count). The molecule has 6 heteroatoms. The van der Waals surface area contributed by atoms with E-state index in [2.05, 4.69) is 0 Å². The van der Waals surface area contributed by atoms with Crippen LogP contribution in [0.15, 0.2) is 60.7 Å². The second kappa shape index (κ2) is 7.95. The van der Waals surface area contributed by atoms with Gasteiger partial charge in [0.25, 0.3) is 0 Å². The maximum absolute atomic E-state index is 14.5. The van der Waals surface area contributed by atoms with E-state index in [4.69, 9.17) is 25.8 Å². The van der Waals surface area contributed by atoms with Gasteiger partial charge in [0.2, 0.25) is 0 Å². The highest BCUT2D eigenvalue weighted by molar-refractivity contribution is 6.33. The molecule has 0 spiro atoms. The van der Waals surface area contributed by atoms with Crippen LogP contribution in [0.2, 0.25) is 0 Å². The van der Waals surface area contributed by atoms with Crippen LogP contribution < -0.4 is 0 Å². The molecule has 2 aromatic rings. The summed E-state index contributed by atoms with van der Waals surface area (Å²) in [5.74, 6) is -1.14. The minimum Gasteiger partial charge on any atom is -0.454 e. The minimum atomic E-state index is -2.71. The zero-order valence-corrected chi connectivity index (χ0v) is 14.2. The first-order valence-corrected chi connectivity index (χ1v) is 8.31. The lowest BCUT2D eigenvalue weighted by Gasteiger charge is -2.21. The second-order valence-electron chi connectivity index (χ2n) is 5.78. The number of carbonyl (C=O) groups is 1. The van der Waals surface area contributed by atoms with Gasteiger partial charge in [-0.3, -0.25) is 0 Å². The van der Waals surface area contributed by atoms with Crippen LogP contribution >= 0.6 is 11.6 Å².